The van der Waals surface area contributed by atoms with Crippen LogP contribution in [-0.4, -0.2) is 29.1 Å². The predicted octanol–water partition coefficient (Wildman–Crippen LogP) is 3.73. The van der Waals surface area contributed by atoms with E-state index in [1.807, 2.05) is 0 Å². The summed E-state index contributed by atoms with van der Waals surface area (Å²) in [6.45, 7) is 1.33. The maximum Gasteiger partial charge on any atom is 0.269 e. The van der Waals surface area contributed by atoms with E-state index >= 15 is 0 Å². The van der Waals surface area contributed by atoms with E-state index in [9.17, 15) is 18.0 Å². The molecule has 0 aliphatic rings. The van der Waals surface area contributed by atoms with Crippen molar-refractivity contribution in [2.45, 2.75) is 11.8 Å². The van der Waals surface area contributed by atoms with Gasteiger partial charge in [-0.15, -0.1) is 0 Å². The van der Waals surface area contributed by atoms with Crippen LogP contribution in [-0.2, 0) is 10.0 Å². The monoisotopic (exact) mass is 419 g/mol. The number of pyridine rings is 1. The number of anilines is 1. The smallest absolute Gasteiger partial charge is 0.269 e. The number of nitrogens with zero attached hydrogens (tertiary/aromatic N) is 2. The Morgan fingerprint density at radius 3 is 2.30 bits per heavy atom. The molecule has 0 saturated heterocycles. The number of carbonyl (C=O) groups is 2. The molecule has 7 nitrogen and oxygen atoms in total. The number of ketones is 1. The van der Waals surface area contributed by atoms with Gasteiger partial charge in [-0.1, -0.05) is 36.4 Å². The van der Waals surface area contributed by atoms with Crippen LogP contribution in [0.15, 0.2) is 84.0 Å². The zero-order valence-electron chi connectivity index (χ0n) is 15.9. The van der Waals surface area contributed by atoms with E-state index < -0.39 is 15.9 Å². The van der Waals surface area contributed by atoms with Crippen LogP contribution in [0.25, 0.3) is 10.9 Å². The molecule has 4 rings (SSSR count). The third-order valence-electron chi connectivity index (χ3n) is 4.62. The molecule has 150 valence electrons. The van der Waals surface area contributed by atoms with E-state index in [0.717, 1.165) is 3.97 Å². The Morgan fingerprint density at radius 1 is 0.933 bits per heavy atom. The van der Waals surface area contributed by atoms with Gasteiger partial charge in [0.2, 0.25) is 0 Å². The second-order valence-corrected chi connectivity index (χ2v) is 8.36. The first-order valence-corrected chi connectivity index (χ1v) is 10.5. The van der Waals surface area contributed by atoms with Crippen LogP contribution in [0.5, 0.6) is 0 Å². The van der Waals surface area contributed by atoms with Crippen molar-refractivity contribution in [3.05, 3.63) is 90.3 Å². The summed E-state index contributed by atoms with van der Waals surface area (Å²) in [6, 6.07) is 17.6. The Hall–Kier alpha value is -3.78. The second-order valence-electron chi connectivity index (χ2n) is 6.58. The van der Waals surface area contributed by atoms with Crippen LogP contribution in [0.4, 0.5) is 5.82 Å². The maximum absolute atomic E-state index is 13.5. The van der Waals surface area contributed by atoms with E-state index in [2.05, 4.69) is 10.3 Å². The standard InChI is InChI=1S/C22H17N3O4S/c1-15(26)20-18-11-5-6-12-19(18)25(30(28,29)17-9-3-2-4-10-17)21(20)24-22(27)16-8-7-13-23-14-16/h2-14H,1H3,(H,24,27). The number of nitrogens with one attached hydrogen (secondary N) is 1. The van der Waals surface area contributed by atoms with Crippen molar-refractivity contribution in [1.82, 2.24) is 8.96 Å². The molecule has 0 fully saturated rings. The Morgan fingerprint density at radius 2 is 1.63 bits per heavy atom. The van der Waals surface area contributed by atoms with Crippen molar-refractivity contribution in [1.29, 1.82) is 0 Å². The summed E-state index contributed by atoms with van der Waals surface area (Å²) in [6.07, 6.45) is 2.89. The van der Waals surface area contributed by atoms with Gasteiger partial charge in [-0.05, 0) is 37.3 Å². The number of hydrogen-bond donors (Lipinski definition) is 1. The topological polar surface area (TPSA) is 98.1 Å². The fourth-order valence-electron chi connectivity index (χ4n) is 3.31. The average molecular weight is 419 g/mol. The van der Waals surface area contributed by atoms with Crippen LogP contribution >= 0.6 is 0 Å². The predicted molar refractivity (Wildman–Crippen MR) is 113 cm³/mol. The van der Waals surface area contributed by atoms with Crippen molar-refractivity contribution >= 4 is 38.4 Å². The summed E-state index contributed by atoms with van der Waals surface area (Å²) in [4.78, 5) is 29.3. The van der Waals surface area contributed by atoms with Gasteiger partial charge in [-0.2, -0.15) is 0 Å². The summed E-state index contributed by atoms with van der Waals surface area (Å²) in [5, 5.41) is 3.06. The molecule has 0 aliphatic heterocycles. The molecule has 0 spiro atoms. The lowest BCUT2D eigenvalue weighted by molar-refractivity contribution is 0.102. The van der Waals surface area contributed by atoms with Crippen molar-refractivity contribution in [3.8, 4) is 0 Å². The summed E-state index contributed by atoms with van der Waals surface area (Å²) in [7, 11) is -4.10. The molecule has 2 aromatic carbocycles. The van der Waals surface area contributed by atoms with Gasteiger partial charge >= 0.3 is 0 Å². The lowest BCUT2D eigenvalue weighted by Crippen LogP contribution is -2.21. The van der Waals surface area contributed by atoms with Crippen LogP contribution in [0.1, 0.15) is 27.6 Å². The molecule has 1 N–H and O–H groups in total. The highest BCUT2D eigenvalue weighted by molar-refractivity contribution is 7.90. The van der Waals surface area contributed by atoms with Gasteiger partial charge in [-0.25, -0.2) is 12.4 Å². The lowest BCUT2D eigenvalue weighted by atomic mass is 10.1. The van der Waals surface area contributed by atoms with Gasteiger partial charge in [0, 0.05) is 17.8 Å². The van der Waals surface area contributed by atoms with E-state index in [1.165, 1.54) is 31.5 Å². The van der Waals surface area contributed by atoms with Gasteiger partial charge in [0.25, 0.3) is 15.9 Å². The SMILES string of the molecule is CC(=O)c1c(NC(=O)c2cccnc2)n(S(=O)(=O)c2ccccc2)c2ccccc12. The summed E-state index contributed by atoms with van der Waals surface area (Å²) in [5.74, 6) is -1.03. The molecule has 8 heteroatoms. The van der Waals surface area contributed by atoms with Gasteiger partial charge in [0.05, 0.1) is 21.5 Å². The lowest BCUT2D eigenvalue weighted by Gasteiger charge is -2.13. The molecule has 30 heavy (non-hydrogen) atoms. The summed E-state index contributed by atoms with van der Waals surface area (Å²) in [5.41, 5.74) is 0.663. The van der Waals surface area contributed by atoms with Gasteiger partial charge in [0.1, 0.15) is 5.82 Å². The van der Waals surface area contributed by atoms with Crippen LogP contribution < -0.4 is 5.32 Å². The van der Waals surface area contributed by atoms with Gasteiger partial charge in [0.15, 0.2) is 5.78 Å². The molecule has 0 atom stereocenters. The fraction of sp³-hybridized carbons (Fsp3) is 0.0455. The minimum Gasteiger partial charge on any atom is -0.306 e. The maximum atomic E-state index is 13.5. The number of hydrogen-bond acceptors (Lipinski definition) is 5. The highest BCUT2D eigenvalue weighted by Crippen LogP contribution is 2.34. The number of benzene rings is 2. The third-order valence-corrected chi connectivity index (χ3v) is 6.35. The molecule has 0 aliphatic carbocycles. The fourth-order valence-corrected chi connectivity index (χ4v) is 4.81. The van der Waals surface area contributed by atoms with Crippen molar-refractivity contribution in [2.24, 2.45) is 0 Å². The van der Waals surface area contributed by atoms with Crippen molar-refractivity contribution in [3.63, 3.8) is 0 Å². The molecule has 2 aromatic heterocycles. The number of aromatic nitrogens is 2. The molecule has 0 saturated carbocycles. The number of carbonyl (C=O) groups excluding carboxylic acids is 2. The second kappa shape index (κ2) is 7.57. The minimum atomic E-state index is -4.10. The minimum absolute atomic E-state index is 0.0396. The van der Waals surface area contributed by atoms with Crippen molar-refractivity contribution < 1.29 is 18.0 Å². The van der Waals surface area contributed by atoms with E-state index in [0.29, 0.717) is 10.9 Å². The summed E-state index contributed by atoms with van der Waals surface area (Å²) >= 11 is 0. The number of para-hydroxylation sites is 1. The quantitative estimate of drug-likeness (QED) is 0.497. The number of amides is 1. The molecule has 0 radical (unpaired) electrons. The number of Topliss-reactive ketones (excluding diaryl/α,β-unsaturated/α-hetero) is 1. The van der Waals surface area contributed by atoms with E-state index in [-0.39, 0.29) is 27.6 Å². The number of fused-ring (bicyclic) bond motifs is 1. The average Bonchev–Trinajstić information content (AvgIpc) is 3.09. The van der Waals surface area contributed by atoms with Crippen molar-refractivity contribution in [2.75, 3.05) is 5.32 Å². The Bertz CT molecular complexity index is 1360. The van der Waals surface area contributed by atoms with Crippen LogP contribution in [0, 0.1) is 0 Å². The molecular formula is C22H17N3O4S. The normalized spacial score (nSPS) is 11.4. The zero-order chi connectivity index (χ0) is 21.3. The van der Waals surface area contributed by atoms with Crippen LogP contribution in [0.2, 0.25) is 0 Å². The molecule has 2 heterocycles. The highest BCUT2D eigenvalue weighted by atomic mass is 32.2. The first-order chi connectivity index (χ1) is 14.4. The van der Waals surface area contributed by atoms with E-state index in [4.69, 9.17) is 0 Å². The Labute approximate surface area is 173 Å². The van der Waals surface area contributed by atoms with Crippen LogP contribution in [0.3, 0.4) is 0 Å². The Kier molecular flexibility index (Phi) is 4.93. The molecule has 0 bridgehead atoms. The Balaban J connectivity index is 2.01. The zero-order valence-corrected chi connectivity index (χ0v) is 16.8. The third kappa shape index (κ3) is 3.27. The molecule has 1 amide bonds. The van der Waals surface area contributed by atoms with Gasteiger partial charge < -0.3 is 5.32 Å². The molecule has 4 aromatic rings. The van der Waals surface area contributed by atoms with Gasteiger partial charge in [-0.3, -0.25) is 14.6 Å². The molecular weight excluding hydrogens is 402 g/mol. The largest absolute Gasteiger partial charge is 0.306 e. The molecule has 0 unspecified atom stereocenters. The van der Waals surface area contributed by atoms with E-state index in [1.54, 1.807) is 54.6 Å². The first kappa shape index (κ1) is 19.5. The summed E-state index contributed by atoms with van der Waals surface area (Å²) < 4.78 is 28.0. The highest BCUT2D eigenvalue weighted by Gasteiger charge is 2.29. The first-order valence-electron chi connectivity index (χ1n) is 9.07. The number of rotatable bonds is 5.